The van der Waals surface area contributed by atoms with Crippen molar-refractivity contribution in [1.82, 2.24) is 4.90 Å². The number of ether oxygens (including phenoxy) is 4. The van der Waals surface area contributed by atoms with Gasteiger partial charge in [-0.1, -0.05) is 38.1 Å². The highest BCUT2D eigenvalue weighted by Gasteiger charge is 2.89. The van der Waals surface area contributed by atoms with Gasteiger partial charge < -0.3 is 29.2 Å². The topological polar surface area (TPSA) is 144 Å². The Bertz CT molecular complexity index is 1810. The molecule has 3 saturated carbocycles. The number of sulfonamides is 1. The van der Waals surface area contributed by atoms with Gasteiger partial charge in [0.05, 0.1) is 35.1 Å². The van der Waals surface area contributed by atoms with Crippen molar-refractivity contribution in [2.45, 2.75) is 110 Å². The number of anilines is 1. The van der Waals surface area contributed by atoms with E-state index in [2.05, 4.69) is 23.5 Å². The van der Waals surface area contributed by atoms with Crippen LogP contribution >= 0.6 is 0 Å². The van der Waals surface area contributed by atoms with Gasteiger partial charge in [-0.25, -0.2) is 17.6 Å². The van der Waals surface area contributed by atoms with E-state index in [9.17, 15) is 27.8 Å². The van der Waals surface area contributed by atoms with Crippen LogP contribution in [0.5, 0.6) is 0 Å². The number of benzene rings is 2. The molecule has 5 unspecified atom stereocenters. The summed E-state index contributed by atoms with van der Waals surface area (Å²) in [5.74, 6) is -2.72. The van der Waals surface area contributed by atoms with Crippen LogP contribution in [0.3, 0.4) is 0 Å². The van der Waals surface area contributed by atoms with Crippen LogP contribution in [0.1, 0.15) is 62.7 Å². The molecule has 13 heteroatoms. The smallest absolute Gasteiger partial charge is 0.340 e. The maximum atomic E-state index is 14.6. The van der Waals surface area contributed by atoms with Crippen LogP contribution < -0.4 is 4.72 Å². The van der Waals surface area contributed by atoms with Gasteiger partial charge in [0.1, 0.15) is 27.5 Å². The lowest BCUT2D eigenvalue weighted by Gasteiger charge is -2.72. The monoisotopic (exact) mass is 714 g/mol. The molecule has 2 aromatic carbocycles. The van der Waals surface area contributed by atoms with Crippen LogP contribution in [0.15, 0.2) is 53.4 Å². The summed E-state index contributed by atoms with van der Waals surface area (Å²) in [6, 6.07) is 10.6. The molecule has 3 N–H and O–H groups in total. The number of esters is 1. The number of aliphatic hydroxyl groups is 2. The van der Waals surface area contributed by atoms with Gasteiger partial charge in [0, 0.05) is 63.5 Å². The molecule has 50 heavy (non-hydrogen) atoms. The quantitative estimate of drug-likeness (QED) is 0.329. The fourth-order valence-corrected chi connectivity index (χ4v) is 13.7. The molecular formula is C37H47FN2O9S. The number of para-hydroxylation sites is 1. The lowest BCUT2D eigenvalue weighted by atomic mass is 9.48. The van der Waals surface area contributed by atoms with Gasteiger partial charge in [-0.05, 0) is 56.4 Å². The summed E-state index contributed by atoms with van der Waals surface area (Å²) in [6.07, 6.45) is 1.73. The number of nitrogens with one attached hydrogen (secondary N) is 1. The number of nitrogens with zero attached hydrogens (tertiary/aromatic N) is 1. The second-order valence-corrected chi connectivity index (χ2v) is 17.0. The van der Waals surface area contributed by atoms with E-state index in [-0.39, 0.29) is 53.7 Å². The zero-order valence-corrected chi connectivity index (χ0v) is 29.9. The number of hydrogen-bond donors (Lipinski definition) is 3. The van der Waals surface area contributed by atoms with Crippen LogP contribution in [0.25, 0.3) is 0 Å². The van der Waals surface area contributed by atoms with Crippen LogP contribution in [0, 0.1) is 29.5 Å². The van der Waals surface area contributed by atoms with Gasteiger partial charge >= 0.3 is 5.97 Å². The number of fused-ring (bicyclic) bond motifs is 2. The Labute approximate surface area is 292 Å². The van der Waals surface area contributed by atoms with E-state index >= 15 is 0 Å². The third-order valence-corrected chi connectivity index (χ3v) is 15.5. The SMILES string of the molecule is CC[C@@H]1[C@@H](C)[C@]2(OC(=O)c3ccccc3NS(=O)(=O)c3ccccc3F)CC[C@H](OC)C34C2CC(N13)[C@@]1(O)C[C@H](OC)[C@H]2CC4[C@]1(O)[C@H]2OC. The second kappa shape index (κ2) is 11.4. The average Bonchev–Trinajstić information content (AvgIpc) is 3.54. The summed E-state index contributed by atoms with van der Waals surface area (Å²) in [7, 11) is 0.547. The number of carbonyl (C=O) groups is 1. The first-order valence-electron chi connectivity index (χ1n) is 17.7. The molecule has 0 radical (unpaired) electrons. The molecule has 3 aliphatic carbocycles. The summed E-state index contributed by atoms with van der Waals surface area (Å²) >= 11 is 0. The molecule has 3 aliphatic heterocycles. The van der Waals surface area contributed by atoms with Crippen molar-refractivity contribution < 1.29 is 46.8 Å². The van der Waals surface area contributed by atoms with Crippen molar-refractivity contribution in [3.63, 3.8) is 0 Å². The summed E-state index contributed by atoms with van der Waals surface area (Å²) in [4.78, 5) is 16.5. The van der Waals surface area contributed by atoms with Crippen LogP contribution in [-0.2, 0) is 29.0 Å². The lowest BCUT2D eigenvalue weighted by molar-refractivity contribution is -0.344. The number of carbonyl (C=O) groups excluding carboxylic acids is 1. The second-order valence-electron chi connectivity index (χ2n) is 15.4. The molecule has 3 heterocycles. The molecule has 0 aromatic heterocycles. The molecule has 14 atom stereocenters. The minimum absolute atomic E-state index is 0.00536. The van der Waals surface area contributed by atoms with E-state index in [0.717, 1.165) is 12.1 Å². The van der Waals surface area contributed by atoms with Crippen LogP contribution in [-0.4, -0.2) is 104 Å². The number of rotatable bonds is 9. The first-order valence-corrected chi connectivity index (χ1v) is 19.2. The van der Waals surface area contributed by atoms with Gasteiger partial charge in [0.15, 0.2) is 0 Å². The lowest BCUT2D eigenvalue weighted by Crippen LogP contribution is -2.87. The summed E-state index contributed by atoms with van der Waals surface area (Å²) in [5, 5.41) is 26.0. The van der Waals surface area contributed by atoms with E-state index in [1.165, 1.54) is 24.3 Å². The van der Waals surface area contributed by atoms with Gasteiger partial charge in [-0.2, -0.15) is 0 Å². The molecule has 0 amide bonds. The molecule has 6 fully saturated rings. The van der Waals surface area contributed by atoms with Crippen molar-refractivity contribution in [3.8, 4) is 0 Å². The summed E-state index contributed by atoms with van der Waals surface area (Å²) < 4.78 is 68.9. The van der Waals surface area contributed by atoms with Crippen LogP contribution in [0.2, 0.25) is 0 Å². The maximum Gasteiger partial charge on any atom is 0.340 e. The first kappa shape index (κ1) is 34.4. The average molecular weight is 715 g/mol. The Hall–Kier alpha value is -2.65. The predicted octanol–water partition coefficient (Wildman–Crippen LogP) is 3.73. The zero-order valence-electron chi connectivity index (χ0n) is 29.0. The highest BCUT2D eigenvalue weighted by atomic mass is 32.2. The standard InChI is InChI=1S/C37H47FN2O9S/c1-6-25-20(2)34(49-33(41)21-11-7-9-13-24(21)39-50(44,45)27-14-10-8-12-23(27)38)16-15-31(47-4)36-28(34)18-30(40(25)36)35(42)19-26(46-3)22-17-29(36)37(35,43)32(22)48-5/h7-14,20,22,25-26,28-32,39,42-43H,6,15-19H2,1-5H3/t20-,22-,25-,26+,28?,29?,30?,31+,32+,34-,35+,36?,37+/m1/s1. The normalized spacial score (nSPS) is 45.3. The van der Waals surface area contributed by atoms with E-state index in [1.54, 1.807) is 33.5 Å². The van der Waals surface area contributed by atoms with Crippen molar-refractivity contribution in [1.29, 1.82) is 0 Å². The third-order valence-electron chi connectivity index (χ3n) is 14.1. The largest absolute Gasteiger partial charge is 0.455 e. The Morgan fingerprint density at radius 2 is 1.74 bits per heavy atom. The Balaban J connectivity index is 1.24. The van der Waals surface area contributed by atoms with Crippen LogP contribution in [0.4, 0.5) is 10.1 Å². The summed E-state index contributed by atoms with van der Waals surface area (Å²) in [6.45, 7) is 4.21. The molecule has 2 aromatic rings. The number of methoxy groups -OCH3 is 3. The van der Waals surface area contributed by atoms with Gasteiger partial charge in [0.2, 0.25) is 0 Å². The summed E-state index contributed by atoms with van der Waals surface area (Å²) in [5.41, 5.74) is -4.97. The van der Waals surface area contributed by atoms with Crippen molar-refractivity contribution >= 4 is 21.7 Å². The molecule has 8 rings (SSSR count). The number of hydrogen-bond acceptors (Lipinski definition) is 10. The Kier molecular flexibility index (Phi) is 7.87. The van der Waals surface area contributed by atoms with Gasteiger partial charge in [0.25, 0.3) is 10.0 Å². The van der Waals surface area contributed by atoms with Crippen molar-refractivity contribution in [2.75, 3.05) is 26.1 Å². The van der Waals surface area contributed by atoms with E-state index in [1.807, 2.05) is 0 Å². The molecule has 7 bridgehead atoms. The molecule has 3 saturated heterocycles. The van der Waals surface area contributed by atoms with Gasteiger partial charge in [-0.15, -0.1) is 0 Å². The van der Waals surface area contributed by atoms with Gasteiger partial charge in [-0.3, -0.25) is 9.62 Å². The third kappa shape index (κ3) is 4.00. The maximum absolute atomic E-state index is 14.6. The minimum atomic E-state index is -4.38. The first-order chi connectivity index (χ1) is 23.8. The molecule has 272 valence electrons. The number of piperidine rings is 2. The molecular weight excluding hydrogens is 667 g/mol. The predicted molar refractivity (Wildman–Crippen MR) is 179 cm³/mol. The molecule has 11 nitrogen and oxygen atoms in total. The Morgan fingerprint density at radius 1 is 1.02 bits per heavy atom. The fraction of sp³-hybridized carbons (Fsp3) is 0.649. The zero-order chi connectivity index (χ0) is 35.6. The van der Waals surface area contributed by atoms with E-state index < -0.39 is 67.1 Å². The van der Waals surface area contributed by atoms with Crippen molar-refractivity contribution in [2.24, 2.45) is 23.7 Å². The minimum Gasteiger partial charge on any atom is -0.455 e. The van der Waals surface area contributed by atoms with E-state index in [4.69, 9.17) is 18.9 Å². The number of halogens is 1. The molecule has 6 aliphatic rings. The fourth-order valence-electron chi connectivity index (χ4n) is 12.5. The van der Waals surface area contributed by atoms with Crippen molar-refractivity contribution in [3.05, 3.63) is 59.9 Å². The highest BCUT2D eigenvalue weighted by molar-refractivity contribution is 7.92. The Morgan fingerprint density at radius 3 is 2.42 bits per heavy atom. The van der Waals surface area contributed by atoms with E-state index in [0.29, 0.717) is 32.1 Å². The highest BCUT2D eigenvalue weighted by Crippen LogP contribution is 2.76. The molecule has 1 spiro atoms.